The highest BCUT2D eigenvalue weighted by atomic mass is 28.4. The van der Waals surface area contributed by atoms with Crippen molar-refractivity contribution < 1.29 is 24.2 Å². The molecule has 11 heteroatoms. The van der Waals surface area contributed by atoms with E-state index in [9.17, 15) is 19.5 Å². The first-order valence-electron chi connectivity index (χ1n) is 14.3. The lowest BCUT2D eigenvalue weighted by atomic mass is 9.82. The third-order valence-corrected chi connectivity index (χ3v) is 11.4. The monoisotopic (exact) mass is 575 g/mol. The Balaban J connectivity index is 1.28. The van der Waals surface area contributed by atoms with Crippen LogP contribution in [0.25, 0.3) is 0 Å². The Kier molecular flexibility index (Phi) is 7.09. The van der Waals surface area contributed by atoms with Gasteiger partial charge in [0.2, 0.25) is 5.91 Å². The Morgan fingerprint density at radius 1 is 1.12 bits per heavy atom. The van der Waals surface area contributed by atoms with E-state index in [4.69, 9.17) is 4.74 Å². The maximum absolute atomic E-state index is 14.5. The molecule has 2 fully saturated rings. The van der Waals surface area contributed by atoms with Gasteiger partial charge < -0.3 is 24.4 Å². The Labute approximate surface area is 240 Å². The van der Waals surface area contributed by atoms with Crippen molar-refractivity contribution in [3.05, 3.63) is 71.5 Å². The molecule has 0 unspecified atom stereocenters. The maximum Gasteiger partial charge on any atom is 0.264 e. The van der Waals surface area contributed by atoms with E-state index in [2.05, 4.69) is 10.3 Å². The number of aliphatic hydroxyl groups excluding tert-OH is 1. The molecule has 2 aromatic carbocycles. The Morgan fingerprint density at radius 3 is 2.54 bits per heavy atom. The van der Waals surface area contributed by atoms with Gasteiger partial charge >= 0.3 is 0 Å². The molecule has 216 valence electrons. The number of rotatable bonds is 9. The zero-order valence-electron chi connectivity index (χ0n) is 23.7. The average molecular weight is 576 g/mol. The van der Waals surface area contributed by atoms with Crippen molar-refractivity contribution in [3.63, 3.8) is 0 Å². The van der Waals surface area contributed by atoms with Gasteiger partial charge in [-0.1, -0.05) is 42.5 Å². The van der Waals surface area contributed by atoms with Gasteiger partial charge in [0.05, 0.1) is 24.0 Å². The van der Waals surface area contributed by atoms with Crippen molar-refractivity contribution in [1.29, 1.82) is 0 Å². The molecule has 2 amide bonds. The molecule has 3 aliphatic rings. The van der Waals surface area contributed by atoms with Crippen LogP contribution in [-0.4, -0.2) is 64.3 Å². The van der Waals surface area contributed by atoms with E-state index >= 15 is 0 Å². The number of amides is 2. The number of aryl methyl sites for hydroxylation is 1. The molecule has 4 heterocycles. The number of anilines is 2. The summed E-state index contributed by atoms with van der Waals surface area (Å²) in [5.74, 6) is -0.215. The molecule has 2 N–H and O–H groups in total. The summed E-state index contributed by atoms with van der Waals surface area (Å²) in [6.07, 6.45) is 3.08. The first kappa shape index (κ1) is 27.8. The Bertz CT molecular complexity index is 1450. The van der Waals surface area contributed by atoms with Crippen LogP contribution < -0.4 is 9.80 Å². The van der Waals surface area contributed by atoms with Crippen LogP contribution in [-0.2, 0) is 39.4 Å². The minimum atomic E-state index is -2.76. The fraction of sp³-hybridized carbons (Fsp3) is 0.467. The molecule has 6 rings (SSSR count). The van der Waals surface area contributed by atoms with E-state index in [1.54, 1.807) is 14.5 Å². The van der Waals surface area contributed by atoms with E-state index in [1.807, 2.05) is 74.7 Å². The summed E-state index contributed by atoms with van der Waals surface area (Å²) in [7, 11) is -2.76. The number of carbonyl (C=O) groups excluding carboxylic acids is 2. The van der Waals surface area contributed by atoms with Gasteiger partial charge in [0.15, 0.2) is 13.9 Å². The Hall–Kier alpha value is -3.38. The van der Waals surface area contributed by atoms with Crippen LogP contribution in [0.15, 0.2) is 54.7 Å². The normalized spacial score (nSPS) is 25.7. The third-order valence-electron chi connectivity index (χ3n) is 8.93. The number of carbonyl (C=O) groups is 2. The van der Waals surface area contributed by atoms with Crippen LogP contribution in [0.5, 0.6) is 0 Å². The van der Waals surface area contributed by atoms with Crippen molar-refractivity contribution >= 4 is 31.5 Å². The molecule has 0 bridgehead atoms. The molecule has 1 aromatic heterocycles. The van der Waals surface area contributed by atoms with Crippen molar-refractivity contribution in [2.45, 2.75) is 69.6 Å². The van der Waals surface area contributed by atoms with Crippen molar-refractivity contribution in [3.8, 4) is 0 Å². The molecule has 3 aliphatic heterocycles. The van der Waals surface area contributed by atoms with E-state index in [0.29, 0.717) is 32.4 Å². The molecule has 1 spiro atoms. The molecule has 2 saturated heterocycles. The summed E-state index contributed by atoms with van der Waals surface area (Å²) in [5, 5.41) is 17.5. The summed E-state index contributed by atoms with van der Waals surface area (Å²) in [6, 6.07) is 15.6. The van der Waals surface area contributed by atoms with Gasteiger partial charge in [0, 0.05) is 61.4 Å². The summed E-state index contributed by atoms with van der Waals surface area (Å²) < 4.78 is 8.60. The molecule has 0 saturated carbocycles. The topological polar surface area (TPSA) is 121 Å². The highest BCUT2D eigenvalue weighted by Crippen LogP contribution is 2.59. The lowest BCUT2D eigenvalue weighted by molar-refractivity contribution is -0.146. The number of benzene rings is 2. The molecule has 0 radical (unpaired) electrons. The van der Waals surface area contributed by atoms with Crippen LogP contribution in [0.4, 0.5) is 11.4 Å². The lowest BCUT2D eigenvalue weighted by Crippen LogP contribution is -2.46. The quantitative estimate of drug-likeness (QED) is 0.297. The van der Waals surface area contributed by atoms with Gasteiger partial charge in [-0.25, -0.2) is 0 Å². The number of para-hydroxylation sites is 1. The average Bonchev–Trinajstić information content (AvgIpc) is 3.58. The second kappa shape index (κ2) is 10.5. The smallest absolute Gasteiger partial charge is 0.264 e. The standard InChI is InChI=1S/C30H37N5O5Si/c1-20-28(41(2,3)39)26(12-15-33-19-22(14-17-36)31-32-33)40-30(20)24-6-4-5-7-25(24)35(29(30)38)18-21-8-10-23(11-9-21)34-16-13-27(34)37/h4-11,19-20,26,28,36,39H,12-18H2,1-3H3/t20-,26+,28-,30+/m1/s1. The fourth-order valence-corrected chi connectivity index (χ4v) is 9.55. The van der Waals surface area contributed by atoms with Crippen LogP contribution in [0.2, 0.25) is 18.6 Å². The van der Waals surface area contributed by atoms with Crippen LogP contribution in [0, 0.1) is 5.92 Å². The maximum atomic E-state index is 14.5. The fourth-order valence-electron chi connectivity index (χ4n) is 6.95. The highest BCUT2D eigenvalue weighted by molar-refractivity contribution is 6.71. The third kappa shape index (κ3) is 4.70. The largest absolute Gasteiger partial charge is 0.432 e. The predicted molar refractivity (Wildman–Crippen MR) is 156 cm³/mol. The predicted octanol–water partition coefficient (Wildman–Crippen LogP) is 2.98. The van der Waals surface area contributed by atoms with Gasteiger partial charge in [0.25, 0.3) is 5.91 Å². The molecule has 4 atom stereocenters. The van der Waals surface area contributed by atoms with Crippen molar-refractivity contribution in [2.24, 2.45) is 5.92 Å². The summed E-state index contributed by atoms with van der Waals surface area (Å²) in [6.45, 7) is 7.54. The van der Waals surface area contributed by atoms with Crippen molar-refractivity contribution in [1.82, 2.24) is 15.0 Å². The number of hydrogen-bond donors (Lipinski definition) is 2. The first-order valence-corrected chi connectivity index (χ1v) is 17.4. The second-order valence-electron chi connectivity index (χ2n) is 12.0. The van der Waals surface area contributed by atoms with Gasteiger partial charge in [-0.15, -0.1) is 5.10 Å². The van der Waals surface area contributed by atoms with Gasteiger partial charge in [-0.05, 0) is 43.3 Å². The number of nitrogens with zero attached hydrogens (tertiary/aromatic N) is 5. The molecule has 0 aliphatic carbocycles. The van der Waals surface area contributed by atoms with E-state index in [0.717, 1.165) is 34.7 Å². The van der Waals surface area contributed by atoms with Crippen LogP contribution in [0.1, 0.15) is 36.6 Å². The lowest BCUT2D eigenvalue weighted by Gasteiger charge is -2.32. The number of aromatic nitrogens is 3. The minimum Gasteiger partial charge on any atom is -0.432 e. The number of hydrogen-bond acceptors (Lipinski definition) is 7. The molecule has 10 nitrogen and oxygen atoms in total. The SMILES string of the molecule is C[C@@H]1[C@@H]([Si](C)(C)O)[C@H](CCn2cc(CCO)nn2)O[C@@]12C(=O)N(Cc1ccc(N3CCC3=O)cc1)c1ccccc12. The zero-order valence-corrected chi connectivity index (χ0v) is 24.7. The van der Waals surface area contributed by atoms with Crippen molar-refractivity contribution in [2.75, 3.05) is 23.0 Å². The minimum absolute atomic E-state index is 0.0110. The van der Waals surface area contributed by atoms with E-state index in [1.165, 1.54) is 0 Å². The number of ether oxygens (including phenoxy) is 1. The van der Waals surface area contributed by atoms with Gasteiger partial charge in [-0.2, -0.15) is 0 Å². The molecular formula is C30H37N5O5Si. The van der Waals surface area contributed by atoms with Gasteiger partial charge in [0.1, 0.15) is 0 Å². The van der Waals surface area contributed by atoms with E-state index < -0.39 is 13.9 Å². The van der Waals surface area contributed by atoms with E-state index in [-0.39, 0.29) is 36.0 Å². The summed E-state index contributed by atoms with van der Waals surface area (Å²) in [5.41, 5.74) is 2.87. The first-order chi connectivity index (χ1) is 19.6. The zero-order chi connectivity index (χ0) is 28.9. The van der Waals surface area contributed by atoms with Gasteiger partial charge in [-0.3, -0.25) is 14.3 Å². The summed E-state index contributed by atoms with van der Waals surface area (Å²) >= 11 is 0. The second-order valence-corrected chi connectivity index (χ2v) is 15.9. The summed E-state index contributed by atoms with van der Waals surface area (Å²) in [4.78, 5) is 41.4. The van der Waals surface area contributed by atoms with Crippen LogP contribution >= 0.6 is 0 Å². The highest BCUT2D eigenvalue weighted by Gasteiger charge is 2.66. The van der Waals surface area contributed by atoms with Crippen LogP contribution in [0.3, 0.4) is 0 Å². The molecule has 41 heavy (non-hydrogen) atoms. The number of β-lactam (4-membered cyclic amide) rings is 1. The number of aliphatic hydroxyl groups is 1. The Morgan fingerprint density at radius 2 is 1.88 bits per heavy atom. The molecule has 3 aromatic rings. The molecular weight excluding hydrogens is 538 g/mol. The number of fused-ring (bicyclic) bond motifs is 2.